The second-order valence-corrected chi connectivity index (χ2v) is 9.37. The molecule has 0 aliphatic rings. The maximum atomic E-state index is 13.2. The van der Waals surface area contributed by atoms with Crippen LogP contribution in [0.5, 0.6) is 0 Å². The Balaban J connectivity index is 1.69. The van der Waals surface area contributed by atoms with Crippen molar-refractivity contribution in [2.45, 2.75) is 16.7 Å². The lowest BCUT2D eigenvalue weighted by molar-refractivity contribution is -0.139. The van der Waals surface area contributed by atoms with Gasteiger partial charge in [0.15, 0.2) is 9.84 Å². The molecule has 0 bridgehead atoms. The lowest BCUT2D eigenvalue weighted by atomic mass is 10.3. The van der Waals surface area contributed by atoms with E-state index in [4.69, 9.17) is 0 Å². The summed E-state index contributed by atoms with van der Waals surface area (Å²) in [6.45, 7) is -0.193. The van der Waals surface area contributed by atoms with Crippen molar-refractivity contribution in [3.05, 3.63) is 82.6 Å². The van der Waals surface area contributed by atoms with Crippen LogP contribution in [0.25, 0.3) is 0 Å². The number of thiophene rings is 1. The molecule has 156 valence electrons. The highest BCUT2D eigenvalue weighted by Crippen LogP contribution is 2.31. The van der Waals surface area contributed by atoms with E-state index in [9.17, 15) is 22.4 Å². The van der Waals surface area contributed by atoms with E-state index in [1.54, 1.807) is 42.0 Å². The molecule has 3 rings (SSSR count). The van der Waals surface area contributed by atoms with Crippen molar-refractivity contribution in [1.29, 1.82) is 0 Å². The number of aromatic nitrogens is 1. The molecule has 0 fully saturated rings. The van der Waals surface area contributed by atoms with Crippen LogP contribution >= 0.6 is 11.3 Å². The van der Waals surface area contributed by atoms with Crippen LogP contribution in [0.3, 0.4) is 0 Å². The zero-order chi connectivity index (χ0) is 21.6. The average Bonchev–Trinajstić information content (AvgIpc) is 3.27. The van der Waals surface area contributed by atoms with Crippen LogP contribution in [0.2, 0.25) is 0 Å². The molecule has 0 saturated carbocycles. The molecule has 2 heterocycles. The summed E-state index contributed by atoms with van der Waals surface area (Å²) < 4.78 is 39.3. The minimum absolute atomic E-state index is 0.0717. The lowest BCUT2D eigenvalue weighted by Gasteiger charge is -2.17. The van der Waals surface area contributed by atoms with Crippen molar-refractivity contribution in [2.75, 3.05) is 6.54 Å². The number of carbonyl (C=O) groups is 2. The Labute approximate surface area is 176 Å². The Bertz CT molecular complexity index is 1100. The predicted octanol–water partition coefficient (Wildman–Crippen LogP) is 2.23. The first-order chi connectivity index (χ1) is 14.4. The molecule has 10 heteroatoms. The Morgan fingerprint density at radius 2 is 1.77 bits per heavy atom. The number of nitrogens with zero attached hydrogens (tertiary/aromatic N) is 1. The maximum absolute atomic E-state index is 13.2. The molecule has 2 amide bonds. The average molecular weight is 448 g/mol. The zero-order valence-electron chi connectivity index (χ0n) is 15.6. The van der Waals surface area contributed by atoms with Crippen molar-refractivity contribution >= 4 is 33.0 Å². The first-order valence-corrected chi connectivity index (χ1v) is 11.3. The van der Waals surface area contributed by atoms with Gasteiger partial charge in [0.1, 0.15) is 11.1 Å². The highest BCUT2D eigenvalue weighted by atomic mass is 32.2. The number of benzene rings is 1. The van der Waals surface area contributed by atoms with Crippen molar-refractivity contribution in [2.24, 2.45) is 0 Å². The lowest BCUT2D eigenvalue weighted by Crippen LogP contribution is -2.42. The molecule has 0 spiro atoms. The van der Waals surface area contributed by atoms with E-state index in [0.29, 0.717) is 10.4 Å². The number of amides is 2. The summed E-state index contributed by atoms with van der Waals surface area (Å²) in [5.74, 6) is -2.39. The van der Waals surface area contributed by atoms with Gasteiger partial charge in [0.25, 0.3) is 0 Å². The van der Waals surface area contributed by atoms with Crippen LogP contribution < -0.4 is 10.6 Å². The van der Waals surface area contributed by atoms with Crippen molar-refractivity contribution < 1.29 is 22.4 Å². The SMILES string of the molecule is O=C(NCc1cccnc1)C(=O)NC[C@@H](c1cccs1)S(=O)(=O)c1ccc(F)cc1. The molecule has 2 aromatic heterocycles. The van der Waals surface area contributed by atoms with Gasteiger partial charge >= 0.3 is 11.8 Å². The number of halogens is 1. The topological polar surface area (TPSA) is 105 Å². The van der Waals surface area contributed by atoms with E-state index >= 15 is 0 Å². The second kappa shape index (κ2) is 9.59. The Morgan fingerprint density at radius 1 is 1.03 bits per heavy atom. The van der Waals surface area contributed by atoms with Crippen LogP contribution in [0.15, 0.2) is 71.2 Å². The fraction of sp³-hybridized carbons (Fsp3) is 0.150. The Hall–Kier alpha value is -3.11. The molecular weight excluding hydrogens is 429 g/mol. The van der Waals surface area contributed by atoms with Crippen LogP contribution in [0.4, 0.5) is 4.39 Å². The van der Waals surface area contributed by atoms with E-state index in [-0.39, 0.29) is 18.0 Å². The quantitative estimate of drug-likeness (QED) is 0.427. The van der Waals surface area contributed by atoms with Gasteiger partial charge in [-0.15, -0.1) is 11.3 Å². The molecular formula is C20H18FN3O4S2. The van der Waals surface area contributed by atoms with Crippen molar-refractivity contribution in [1.82, 2.24) is 15.6 Å². The summed E-state index contributed by atoms with van der Waals surface area (Å²) in [6, 6.07) is 11.2. The van der Waals surface area contributed by atoms with E-state index in [0.717, 1.165) is 12.1 Å². The largest absolute Gasteiger partial charge is 0.346 e. The third-order valence-corrected chi connectivity index (χ3v) is 7.44. The van der Waals surface area contributed by atoms with Crippen LogP contribution in [-0.4, -0.2) is 31.8 Å². The first kappa shape index (κ1) is 21.6. The molecule has 1 atom stereocenters. The Kier molecular flexibility index (Phi) is 6.91. The van der Waals surface area contributed by atoms with Gasteiger partial charge < -0.3 is 10.6 Å². The summed E-state index contributed by atoms with van der Waals surface area (Å²) >= 11 is 1.21. The van der Waals surface area contributed by atoms with Crippen LogP contribution in [0.1, 0.15) is 15.7 Å². The monoisotopic (exact) mass is 447 g/mol. The molecule has 30 heavy (non-hydrogen) atoms. The molecule has 0 unspecified atom stereocenters. The smallest absolute Gasteiger partial charge is 0.309 e. The molecule has 0 radical (unpaired) electrons. The van der Waals surface area contributed by atoms with Crippen molar-refractivity contribution in [3.63, 3.8) is 0 Å². The molecule has 0 saturated heterocycles. The highest BCUT2D eigenvalue weighted by molar-refractivity contribution is 7.91. The minimum Gasteiger partial charge on any atom is -0.346 e. The van der Waals surface area contributed by atoms with E-state index in [1.165, 1.54) is 23.5 Å². The van der Waals surface area contributed by atoms with Gasteiger partial charge in [0.05, 0.1) is 4.90 Å². The molecule has 3 aromatic rings. The summed E-state index contributed by atoms with van der Waals surface area (Å²) in [6.07, 6.45) is 3.14. The van der Waals surface area contributed by atoms with Gasteiger partial charge in [0.2, 0.25) is 0 Å². The third kappa shape index (κ3) is 5.28. The van der Waals surface area contributed by atoms with Gasteiger partial charge in [0, 0.05) is 30.4 Å². The number of pyridine rings is 1. The van der Waals surface area contributed by atoms with Crippen LogP contribution in [0, 0.1) is 5.82 Å². The van der Waals surface area contributed by atoms with Crippen molar-refractivity contribution in [3.8, 4) is 0 Å². The summed E-state index contributed by atoms with van der Waals surface area (Å²) in [5, 5.41) is 5.44. The molecule has 0 aliphatic heterocycles. The van der Waals surface area contributed by atoms with Gasteiger partial charge in [-0.3, -0.25) is 14.6 Å². The highest BCUT2D eigenvalue weighted by Gasteiger charge is 2.31. The summed E-state index contributed by atoms with van der Waals surface area (Å²) in [4.78, 5) is 28.5. The number of carbonyl (C=O) groups excluding carboxylic acids is 2. The number of sulfone groups is 1. The van der Waals surface area contributed by atoms with E-state index < -0.39 is 32.7 Å². The fourth-order valence-electron chi connectivity index (χ4n) is 2.66. The normalized spacial score (nSPS) is 12.2. The fourth-order valence-corrected chi connectivity index (χ4v) is 5.44. The number of hydrogen-bond donors (Lipinski definition) is 2. The number of rotatable bonds is 7. The van der Waals surface area contributed by atoms with Gasteiger partial charge in [-0.25, -0.2) is 12.8 Å². The molecule has 0 aliphatic carbocycles. The van der Waals surface area contributed by atoms with E-state index in [1.807, 2.05) is 0 Å². The first-order valence-electron chi connectivity index (χ1n) is 8.85. The number of nitrogens with one attached hydrogen (secondary N) is 2. The number of hydrogen-bond acceptors (Lipinski definition) is 6. The molecule has 1 aromatic carbocycles. The predicted molar refractivity (Wildman–Crippen MR) is 110 cm³/mol. The van der Waals surface area contributed by atoms with Gasteiger partial charge in [-0.1, -0.05) is 12.1 Å². The Morgan fingerprint density at radius 3 is 2.40 bits per heavy atom. The summed E-state index contributed by atoms with van der Waals surface area (Å²) in [7, 11) is -3.93. The molecule has 7 nitrogen and oxygen atoms in total. The second-order valence-electron chi connectivity index (χ2n) is 6.26. The summed E-state index contributed by atoms with van der Waals surface area (Å²) in [5.41, 5.74) is 0.717. The standard InChI is InChI=1S/C20H18FN3O4S2/c21-15-5-7-16(8-6-15)30(27,28)18(17-4-2-10-29-17)13-24-20(26)19(25)23-12-14-3-1-9-22-11-14/h1-11,18H,12-13H2,(H,23,25)(H,24,26)/t18-/m0/s1. The van der Waals surface area contributed by atoms with E-state index in [2.05, 4.69) is 15.6 Å². The zero-order valence-corrected chi connectivity index (χ0v) is 17.3. The minimum atomic E-state index is -3.93. The molecule has 2 N–H and O–H groups in total. The maximum Gasteiger partial charge on any atom is 0.309 e. The van der Waals surface area contributed by atoms with Gasteiger partial charge in [-0.05, 0) is 47.3 Å². The third-order valence-electron chi connectivity index (χ3n) is 4.21. The van der Waals surface area contributed by atoms with Crippen LogP contribution in [-0.2, 0) is 26.0 Å². The van der Waals surface area contributed by atoms with Gasteiger partial charge in [-0.2, -0.15) is 0 Å².